The Morgan fingerprint density at radius 2 is 2.38 bits per heavy atom. The summed E-state index contributed by atoms with van der Waals surface area (Å²) in [4.78, 5) is 13.8. The second kappa shape index (κ2) is 2.96. The first-order valence-corrected chi connectivity index (χ1v) is 4.00. The highest BCUT2D eigenvalue weighted by Crippen LogP contribution is 2.09. The molecule has 1 atom stereocenters. The van der Waals surface area contributed by atoms with E-state index in [4.69, 9.17) is 11.1 Å². The highest BCUT2D eigenvalue weighted by molar-refractivity contribution is 6.22. The number of hydrogen-bond acceptors (Lipinski definition) is 5. The minimum absolute atomic E-state index is 0.211. The van der Waals surface area contributed by atoms with Crippen LogP contribution in [0.2, 0.25) is 0 Å². The fourth-order valence-electron chi connectivity index (χ4n) is 1.32. The second-order valence-corrected chi connectivity index (χ2v) is 2.77. The molecule has 2 rings (SSSR count). The first-order chi connectivity index (χ1) is 6.29. The second-order valence-electron chi connectivity index (χ2n) is 2.77. The Labute approximate surface area is 75.4 Å². The molecule has 0 radical (unpaired) electrons. The SMILES string of the molecule is N=C1N=CC=NC1N1CCN=C1N. The smallest absolute Gasteiger partial charge is 0.193 e. The van der Waals surface area contributed by atoms with Crippen LogP contribution in [-0.2, 0) is 0 Å². The summed E-state index contributed by atoms with van der Waals surface area (Å²) in [6.45, 7) is 1.39. The lowest BCUT2D eigenvalue weighted by Gasteiger charge is -2.25. The van der Waals surface area contributed by atoms with Gasteiger partial charge in [-0.05, 0) is 0 Å². The molecule has 68 valence electrons. The largest absolute Gasteiger partial charge is 0.370 e. The van der Waals surface area contributed by atoms with E-state index in [9.17, 15) is 0 Å². The molecule has 2 aliphatic heterocycles. The lowest BCUT2D eigenvalue weighted by atomic mass is 10.3. The summed E-state index contributed by atoms with van der Waals surface area (Å²) < 4.78 is 0. The van der Waals surface area contributed by atoms with Gasteiger partial charge in [0.2, 0.25) is 0 Å². The Balaban J connectivity index is 2.17. The molecule has 1 unspecified atom stereocenters. The monoisotopic (exact) mass is 178 g/mol. The van der Waals surface area contributed by atoms with Crippen molar-refractivity contribution in [2.24, 2.45) is 20.7 Å². The van der Waals surface area contributed by atoms with Gasteiger partial charge in [-0.15, -0.1) is 0 Å². The average Bonchev–Trinajstić information content (AvgIpc) is 2.52. The molecule has 0 saturated heterocycles. The Hall–Kier alpha value is -1.72. The summed E-state index contributed by atoms with van der Waals surface area (Å²) in [7, 11) is 0. The van der Waals surface area contributed by atoms with E-state index in [1.165, 1.54) is 6.21 Å². The molecule has 3 N–H and O–H groups in total. The van der Waals surface area contributed by atoms with Crippen LogP contribution in [0, 0.1) is 5.41 Å². The van der Waals surface area contributed by atoms with Gasteiger partial charge in [0.1, 0.15) is 0 Å². The number of guanidine groups is 1. The van der Waals surface area contributed by atoms with Crippen molar-refractivity contribution in [2.45, 2.75) is 6.17 Å². The van der Waals surface area contributed by atoms with Gasteiger partial charge in [0.25, 0.3) is 0 Å². The Bertz CT molecular complexity index is 315. The molecule has 0 bridgehead atoms. The Morgan fingerprint density at radius 3 is 3.00 bits per heavy atom. The first-order valence-electron chi connectivity index (χ1n) is 4.00. The van der Waals surface area contributed by atoms with Crippen molar-refractivity contribution in [1.29, 1.82) is 5.41 Å². The zero-order valence-corrected chi connectivity index (χ0v) is 7.01. The van der Waals surface area contributed by atoms with Crippen LogP contribution in [0.5, 0.6) is 0 Å². The maximum absolute atomic E-state index is 7.54. The molecule has 0 saturated carbocycles. The van der Waals surface area contributed by atoms with Gasteiger partial charge in [0.15, 0.2) is 18.0 Å². The average molecular weight is 178 g/mol. The van der Waals surface area contributed by atoms with Crippen molar-refractivity contribution in [3.8, 4) is 0 Å². The van der Waals surface area contributed by atoms with Crippen LogP contribution in [0.25, 0.3) is 0 Å². The zero-order valence-electron chi connectivity index (χ0n) is 7.01. The van der Waals surface area contributed by atoms with E-state index >= 15 is 0 Å². The van der Waals surface area contributed by atoms with E-state index in [2.05, 4.69) is 15.0 Å². The van der Waals surface area contributed by atoms with E-state index in [0.29, 0.717) is 19.0 Å². The highest BCUT2D eigenvalue weighted by atomic mass is 15.4. The van der Waals surface area contributed by atoms with Crippen LogP contribution in [0.15, 0.2) is 15.0 Å². The highest BCUT2D eigenvalue weighted by Gasteiger charge is 2.26. The van der Waals surface area contributed by atoms with Crippen molar-refractivity contribution >= 4 is 24.2 Å². The number of amidine groups is 1. The van der Waals surface area contributed by atoms with Gasteiger partial charge in [-0.1, -0.05) is 0 Å². The fourth-order valence-corrected chi connectivity index (χ4v) is 1.32. The Kier molecular flexibility index (Phi) is 1.80. The van der Waals surface area contributed by atoms with E-state index in [1.54, 1.807) is 11.1 Å². The third kappa shape index (κ3) is 1.30. The molecule has 13 heavy (non-hydrogen) atoms. The summed E-state index contributed by atoms with van der Waals surface area (Å²) in [5.41, 5.74) is 5.63. The van der Waals surface area contributed by atoms with Gasteiger partial charge in [-0.3, -0.25) is 15.4 Å². The molecule has 2 heterocycles. The molecule has 6 nitrogen and oxygen atoms in total. The van der Waals surface area contributed by atoms with E-state index < -0.39 is 0 Å². The molecule has 0 aromatic carbocycles. The number of rotatable bonds is 1. The van der Waals surface area contributed by atoms with Gasteiger partial charge < -0.3 is 10.6 Å². The van der Waals surface area contributed by atoms with Crippen molar-refractivity contribution in [2.75, 3.05) is 13.1 Å². The van der Waals surface area contributed by atoms with E-state index in [0.717, 1.165) is 0 Å². The molecule has 0 spiro atoms. The van der Waals surface area contributed by atoms with Crippen LogP contribution in [0.1, 0.15) is 0 Å². The minimum atomic E-state index is -0.378. The van der Waals surface area contributed by atoms with Gasteiger partial charge in [-0.25, -0.2) is 4.99 Å². The topological polar surface area (TPSA) is 90.2 Å². The van der Waals surface area contributed by atoms with Crippen molar-refractivity contribution in [3.63, 3.8) is 0 Å². The number of hydrogen-bond donors (Lipinski definition) is 2. The van der Waals surface area contributed by atoms with Crippen LogP contribution >= 0.6 is 0 Å². The summed E-state index contributed by atoms with van der Waals surface area (Å²) in [6.07, 6.45) is 2.70. The van der Waals surface area contributed by atoms with Crippen LogP contribution in [0.4, 0.5) is 0 Å². The summed E-state index contributed by atoms with van der Waals surface area (Å²) in [5, 5.41) is 7.54. The van der Waals surface area contributed by atoms with Gasteiger partial charge >= 0.3 is 0 Å². The fraction of sp³-hybridized carbons (Fsp3) is 0.429. The number of aliphatic imine (C=N–C) groups is 3. The van der Waals surface area contributed by atoms with Crippen molar-refractivity contribution < 1.29 is 0 Å². The molecular weight excluding hydrogens is 168 g/mol. The van der Waals surface area contributed by atoms with Crippen molar-refractivity contribution in [3.05, 3.63) is 0 Å². The summed E-state index contributed by atoms with van der Waals surface area (Å²) in [6, 6.07) is 0. The number of nitrogens with two attached hydrogens (primary N) is 1. The predicted octanol–water partition coefficient (Wildman–Crippen LogP) is -0.925. The van der Waals surface area contributed by atoms with Crippen LogP contribution in [-0.4, -0.2) is 48.4 Å². The molecule has 0 aromatic rings. The molecular formula is C7H10N6. The molecule has 2 aliphatic rings. The maximum atomic E-state index is 7.54. The first kappa shape index (κ1) is 7.90. The van der Waals surface area contributed by atoms with Crippen molar-refractivity contribution in [1.82, 2.24) is 4.90 Å². The van der Waals surface area contributed by atoms with E-state index in [1.807, 2.05) is 0 Å². The standard InChI is InChI=1S/C7H10N6/c8-5-6(11-2-1-10-5)13-4-3-12-7(13)9/h1-2,6,8H,3-4H2,(H2,9,12). The van der Waals surface area contributed by atoms with Gasteiger partial charge in [-0.2, -0.15) is 0 Å². The maximum Gasteiger partial charge on any atom is 0.193 e. The number of nitrogens with zero attached hydrogens (tertiary/aromatic N) is 4. The normalized spacial score (nSPS) is 26.8. The minimum Gasteiger partial charge on any atom is -0.370 e. The molecule has 0 aliphatic carbocycles. The quantitative estimate of drug-likeness (QED) is 0.543. The lowest BCUT2D eigenvalue weighted by Crippen LogP contribution is -2.45. The lowest BCUT2D eigenvalue weighted by molar-refractivity contribution is 0.412. The summed E-state index contributed by atoms with van der Waals surface area (Å²) >= 11 is 0. The third-order valence-corrected chi connectivity index (χ3v) is 1.96. The van der Waals surface area contributed by atoms with Gasteiger partial charge in [0, 0.05) is 19.0 Å². The molecule has 0 aromatic heterocycles. The number of nitrogens with one attached hydrogen (secondary N) is 1. The van der Waals surface area contributed by atoms with Crippen LogP contribution < -0.4 is 5.73 Å². The summed E-state index contributed by atoms with van der Waals surface area (Å²) in [5.74, 6) is 0.659. The van der Waals surface area contributed by atoms with Gasteiger partial charge in [0.05, 0.1) is 6.54 Å². The predicted molar refractivity (Wildman–Crippen MR) is 51.7 cm³/mol. The molecule has 6 heteroatoms. The van der Waals surface area contributed by atoms with E-state index in [-0.39, 0.29) is 12.0 Å². The zero-order chi connectivity index (χ0) is 9.26. The molecule has 0 amide bonds. The molecule has 0 fully saturated rings. The Morgan fingerprint density at radius 1 is 1.54 bits per heavy atom. The third-order valence-electron chi connectivity index (χ3n) is 1.96. The van der Waals surface area contributed by atoms with Crippen LogP contribution in [0.3, 0.4) is 0 Å².